The van der Waals surface area contributed by atoms with Crippen molar-refractivity contribution >= 4 is 19.7 Å². The van der Waals surface area contributed by atoms with E-state index < -0.39 is 14.9 Å². The molecular formula is C14H16ClFO3S. The molecule has 1 aromatic carbocycles. The molecule has 3 rings (SSSR count). The smallest absolute Gasteiger partial charge is 0.261 e. The van der Waals surface area contributed by atoms with Crippen LogP contribution in [0.25, 0.3) is 0 Å². The summed E-state index contributed by atoms with van der Waals surface area (Å²) in [6.07, 6.45) is 5.02. The van der Waals surface area contributed by atoms with Crippen molar-refractivity contribution in [3.05, 3.63) is 24.0 Å². The van der Waals surface area contributed by atoms with Crippen LogP contribution < -0.4 is 4.74 Å². The Balaban J connectivity index is 1.66. The molecule has 0 aliphatic heterocycles. The molecular weight excluding hydrogens is 303 g/mol. The fraction of sp³-hybridized carbons (Fsp3) is 0.571. The zero-order chi connectivity index (χ0) is 14.3. The van der Waals surface area contributed by atoms with E-state index in [1.165, 1.54) is 37.8 Å². The van der Waals surface area contributed by atoms with Gasteiger partial charge < -0.3 is 4.74 Å². The van der Waals surface area contributed by atoms with Gasteiger partial charge in [0, 0.05) is 10.7 Å². The average molecular weight is 319 g/mol. The molecule has 0 heterocycles. The summed E-state index contributed by atoms with van der Waals surface area (Å²) >= 11 is 0. The van der Waals surface area contributed by atoms with Gasteiger partial charge in [-0.05, 0) is 55.2 Å². The van der Waals surface area contributed by atoms with Crippen molar-refractivity contribution in [3.8, 4) is 5.75 Å². The molecule has 2 aliphatic rings. The van der Waals surface area contributed by atoms with Gasteiger partial charge in [0.15, 0.2) is 11.6 Å². The van der Waals surface area contributed by atoms with Crippen LogP contribution in [0.2, 0.25) is 0 Å². The molecule has 2 saturated carbocycles. The molecule has 6 heteroatoms. The fourth-order valence-corrected chi connectivity index (χ4v) is 4.29. The number of hydrogen-bond donors (Lipinski definition) is 0. The van der Waals surface area contributed by atoms with Gasteiger partial charge in [-0.3, -0.25) is 0 Å². The zero-order valence-corrected chi connectivity index (χ0v) is 12.5. The summed E-state index contributed by atoms with van der Waals surface area (Å²) in [5.41, 5.74) is 0. The maximum absolute atomic E-state index is 13.8. The van der Waals surface area contributed by atoms with Gasteiger partial charge in [0.1, 0.15) is 0 Å². The van der Waals surface area contributed by atoms with Crippen LogP contribution in [0, 0.1) is 23.6 Å². The van der Waals surface area contributed by atoms with Gasteiger partial charge in [0.05, 0.1) is 11.5 Å². The number of rotatable bonds is 4. The zero-order valence-electron chi connectivity index (χ0n) is 10.9. The van der Waals surface area contributed by atoms with Gasteiger partial charge in [0.2, 0.25) is 0 Å². The van der Waals surface area contributed by atoms with Crippen molar-refractivity contribution in [2.45, 2.75) is 30.6 Å². The van der Waals surface area contributed by atoms with E-state index in [4.69, 9.17) is 15.4 Å². The largest absolute Gasteiger partial charge is 0.490 e. The Kier molecular flexibility index (Phi) is 3.67. The molecule has 3 nitrogen and oxygen atoms in total. The van der Waals surface area contributed by atoms with E-state index >= 15 is 0 Å². The third kappa shape index (κ3) is 2.79. The van der Waals surface area contributed by atoms with Crippen LogP contribution in [-0.2, 0) is 9.05 Å². The Morgan fingerprint density at radius 3 is 2.65 bits per heavy atom. The highest BCUT2D eigenvalue weighted by Crippen LogP contribution is 2.48. The molecule has 3 atom stereocenters. The maximum atomic E-state index is 13.8. The second-order valence-electron chi connectivity index (χ2n) is 5.78. The lowest BCUT2D eigenvalue weighted by Crippen LogP contribution is -2.18. The first-order valence-corrected chi connectivity index (χ1v) is 9.11. The number of ether oxygens (including phenoxy) is 1. The number of halogens is 2. The molecule has 0 amide bonds. The standard InChI is InChI=1S/C14H16ClFO3S/c15-20(17,18)12-3-4-14(13(16)7-12)19-8-11-6-9-1-2-10(11)5-9/h3-4,7,9-11H,1-2,5-6,8H2. The summed E-state index contributed by atoms with van der Waals surface area (Å²) in [6, 6.07) is 3.50. The van der Waals surface area contributed by atoms with Gasteiger partial charge >= 0.3 is 0 Å². The Morgan fingerprint density at radius 1 is 1.30 bits per heavy atom. The van der Waals surface area contributed by atoms with Crippen LogP contribution in [-0.4, -0.2) is 15.0 Å². The first-order chi connectivity index (χ1) is 9.43. The molecule has 2 fully saturated rings. The molecule has 1 aromatic rings. The Bertz CT molecular complexity index is 617. The molecule has 0 saturated heterocycles. The predicted molar refractivity (Wildman–Crippen MR) is 73.9 cm³/mol. The fourth-order valence-electron chi connectivity index (χ4n) is 3.53. The SMILES string of the molecule is O=S(=O)(Cl)c1ccc(OCC2CC3CCC2C3)c(F)c1. The van der Waals surface area contributed by atoms with E-state index in [-0.39, 0.29) is 10.6 Å². The lowest BCUT2D eigenvalue weighted by Gasteiger charge is -2.21. The second-order valence-corrected chi connectivity index (χ2v) is 8.34. The van der Waals surface area contributed by atoms with Gasteiger partial charge in [-0.25, -0.2) is 12.8 Å². The van der Waals surface area contributed by atoms with Crippen LogP contribution in [0.15, 0.2) is 23.1 Å². The highest BCUT2D eigenvalue weighted by Gasteiger charge is 2.39. The van der Waals surface area contributed by atoms with E-state index in [0.717, 1.165) is 12.0 Å². The molecule has 0 N–H and O–H groups in total. The van der Waals surface area contributed by atoms with Gasteiger partial charge in [0.25, 0.3) is 9.05 Å². The highest BCUT2D eigenvalue weighted by molar-refractivity contribution is 8.13. The van der Waals surface area contributed by atoms with Crippen molar-refractivity contribution in [1.82, 2.24) is 0 Å². The van der Waals surface area contributed by atoms with Gasteiger partial charge in [-0.1, -0.05) is 6.42 Å². The molecule has 20 heavy (non-hydrogen) atoms. The van der Waals surface area contributed by atoms with Crippen molar-refractivity contribution in [3.63, 3.8) is 0 Å². The minimum Gasteiger partial charge on any atom is -0.490 e. The normalized spacial score (nSPS) is 28.8. The summed E-state index contributed by atoms with van der Waals surface area (Å²) in [5, 5.41) is 0. The van der Waals surface area contributed by atoms with Crippen molar-refractivity contribution in [2.24, 2.45) is 17.8 Å². The van der Waals surface area contributed by atoms with Crippen LogP contribution >= 0.6 is 10.7 Å². The first kappa shape index (κ1) is 14.1. The third-order valence-corrected chi connectivity index (χ3v) is 5.87. The van der Waals surface area contributed by atoms with E-state index in [2.05, 4.69) is 0 Å². The van der Waals surface area contributed by atoms with Crippen LogP contribution in [0.5, 0.6) is 5.75 Å². The van der Waals surface area contributed by atoms with E-state index in [1.54, 1.807) is 0 Å². The monoisotopic (exact) mass is 318 g/mol. The maximum Gasteiger partial charge on any atom is 0.261 e. The first-order valence-electron chi connectivity index (χ1n) is 6.80. The third-order valence-electron chi connectivity index (χ3n) is 4.52. The van der Waals surface area contributed by atoms with Crippen molar-refractivity contribution < 1.29 is 17.5 Å². The Hall–Kier alpha value is -0.810. The molecule has 0 aromatic heterocycles. The van der Waals surface area contributed by atoms with Gasteiger partial charge in [-0.2, -0.15) is 0 Å². The molecule has 3 unspecified atom stereocenters. The summed E-state index contributed by atoms with van der Waals surface area (Å²) < 4.78 is 41.5. The van der Waals surface area contributed by atoms with Crippen LogP contribution in [0.1, 0.15) is 25.7 Å². The lowest BCUT2D eigenvalue weighted by atomic mass is 9.89. The lowest BCUT2D eigenvalue weighted by molar-refractivity contribution is 0.189. The quantitative estimate of drug-likeness (QED) is 0.797. The number of hydrogen-bond acceptors (Lipinski definition) is 3. The molecule has 2 bridgehead atoms. The number of benzene rings is 1. The molecule has 2 aliphatic carbocycles. The van der Waals surface area contributed by atoms with Crippen molar-refractivity contribution in [1.29, 1.82) is 0 Å². The minimum absolute atomic E-state index is 0.0943. The van der Waals surface area contributed by atoms with E-state index in [9.17, 15) is 12.8 Å². The second kappa shape index (κ2) is 5.19. The number of fused-ring (bicyclic) bond motifs is 2. The van der Waals surface area contributed by atoms with Crippen LogP contribution in [0.3, 0.4) is 0 Å². The molecule has 0 spiro atoms. The minimum atomic E-state index is -3.90. The summed E-state index contributed by atoms with van der Waals surface area (Å²) in [5.74, 6) is 1.45. The predicted octanol–water partition coefficient (Wildman–Crippen LogP) is 3.57. The molecule has 110 valence electrons. The Morgan fingerprint density at radius 2 is 2.10 bits per heavy atom. The summed E-state index contributed by atoms with van der Waals surface area (Å²) in [6.45, 7) is 0.505. The van der Waals surface area contributed by atoms with E-state index in [0.29, 0.717) is 18.4 Å². The molecule has 0 radical (unpaired) electrons. The summed E-state index contributed by atoms with van der Waals surface area (Å²) in [4.78, 5) is -0.246. The topological polar surface area (TPSA) is 43.4 Å². The van der Waals surface area contributed by atoms with Crippen molar-refractivity contribution in [2.75, 3.05) is 6.61 Å². The van der Waals surface area contributed by atoms with Crippen LogP contribution in [0.4, 0.5) is 4.39 Å². The average Bonchev–Trinajstić information content (AvgIpc) is 2.98. The van der Waals surface area contributed by atoms with Gasteiger partial charge in [-0.15, -0.1) is 0 Å². The highest BCUT2D eigenvalue weighted by atomic mass is 35.7. The Labute approximate surface area is 122 Å². The van der Waals surface area contributed by atoms with E-state index in [1.807, 2.05) is 0 Å². The summed E-state index contributed by atoms with van der Waals surface area (Å²) in [7, 11) is 1.27.